The van der Waals surface area contributed by atoms with Gasteiger partial charge in [-0.2, -0.15) is 5.10 Å². The second kappa shape index (κ2) is 8.97. The average molecular weight is 436 g/mol. The van der Waals surface area contributed by atoms with E-state index >= 15 is 0 Å². The standard InChI is InChI=1S/C22H17FN4O3S/c1-30-22(29)15-4-8-17(9-5-15)25-20(28)13-31-21-19-12-18(26-27(19)11-10-24-21)14-2-6-16(23)7-3-14/h2-12H,13H2,1H3,(H,25,28). The van der Waals surface area contributed by atoms with Crippen LogP contribution in [0.2, 0.25) is 0 Å². The molecule has 1 amide bonds. The van der Waals surface area contributed by atoms with E-state index < -0.39 is 5.97 Å². The summed E-state index contributed by atoms with van der Waals surface area (Å²) in [7, 11) is 1.31. The first-order valence-corrected chi connectivity index (χ1v) is 10.2. The maximum Gasteiger partial charge on any atom is 0.337 e. The van der Waals surface area contributed by atoms with Crippen LogP contribution in [0.3, 0.4) is 0 Å². The van der Waals surface area contributed by atoms with Crippen molar-refractivity contribution in [3.8, 4) is 11.3 Å². The van der Waals surface area contributed by atoms with E-state index in [9.17, 15) is 14.0 Å². The fourth-order valence-corrected chi connectivity index (χ4v) is 3.69. The topological polar surface area (TPSA) is 85.6 Å². The molecule has 9 heteroatoms. The van der Waals surface area contributed by atoms with Crippen molar-refractivity contribution < 1.29 is 18.7 Å². The van der Waals surface area contributed by atoms with Crippen molar-refractivity contribution >= 4 is 34.8 Å². The molecule has 4 rings (SSSR count). The highest BCUT2D eigenvalue weighted by molar-refractivity contribution is 8.00. The van der Waals surface area contributed by atoms with Gasteiger partial charge in [-0.3, -0.25) is 4.79 Å². The van der Waals surface area contributed by atoms with Gasteiger partial charge in [-0.15, -0.1) is 0 Å². The summed E-state index contributed by atoms with van der Waals surface area (Å²) in [6.07, 6.45) is 3.33. The Kier molecular flexibility index (Phi) is 5.94. The summed E-state index contributed by atoms with van der Waals surface area (Å²) in [5.74, 6) is -0.814. The number of thioether (sulfide) groups is 1. The number of halogens is 1. The SMILES string of the molecule is COC(=O)c1ccc(NC(=O)CSc2nccn3nc(-c4ccc(F)cc4)cc23)cc1. The molecular weight excluding hydrogens is 419 g/mol. The van der Waals surface area contributed by atoms with E-state index in [-0.39, 0.29) is 17.5 Å². The highest BCUT2D eigenvalue weighted by atomic mass is 32.2. The molecule has 0 saturated carbocycles. The Balaban J connectivity index is 1.44. The highest BCUT2D eigenvalue weighted by Crippen LogP contribution is 2.26. The molecule has 0 atom stereocenters. The van der Waals surface area contributed by atoms with Gasteiger partial charge in [-0.1, -0.05) is 11.8 Å². The Morgan fingerprint density at radius 3 is 2.58 bits per heavy atom. The minimum Gasteiger partial charge on any atom is -0.465 e. The summed E-state index contributed by atoms with van der Waals surface area (Å²) in [5.41, 5.74) is 3.21. The number of carbonyl (C=O) groups excluding carboxylic acids is 2. The third-order valence-electron chi connectivity index (χ3n) is 4.42. The number of benzene rings is 2. The van der Waals surface area contributed by atoms with E-state index in [0.29, 0.717) is 22.0 Å². The van der Waals surface area contributed by atoms with Crippen molar-refractivity contribution in [2.24, 2.45) is 0 Å². The maximum absolute atomic E-state index is 13.2. The third-order valence-corrected chi connectivity index (χ3v) is 5.42. The van der Waals surface area contributed by atoms with Crippen molar-refractivity contribution in [2.75, 3.05) is 18.2 Å². The van der Waals surface area contributed by atoms with Crippen LogP contribution in [0.1, 0.15) is 10.4 Å². The second-order valence-corrected chi connectivity index (χ2v) is 7.47. The molecule has 4 aromatic rings. The zero-order chi connectivity index (χ0) is 21.8. The lowest BCUT2D eigenvalue weighted by Crippen LogP contribution is -2.14. The van der Waals surface area contributed by atoms with Gasteiger partial charge in [0.25, 0.3) is 0 Å². The molecule has 31 heavy (non-hydrogen) atoms. The van der Waals surface area contributed by atoms with Gasteiger partial charge in [0.05, 0.1) is 29.6 Å². The molecule has 7 nitrogen and oxygen atoms in total. The van der Waals surface area contributed by atoms with E-state index in [4.69, 9.17) is 0 Å². The maximum atomic E-state index is 13.2. The van der Waals surface area contributed by atoms with E-state index in [2.05, 4.69) is 20.1 Å². The number of rotatable bonds is 6. The molecular formula is C22H17FN4O3S. The number of hydrogen-bond acceptors (Lipinski definition) is 6. The monoisotopic (exact) mass is 436 g/mol. The van der Waals surface area contributed by atoms with Crippen LogP contribution in [0.5, 0.6) is 0 Å². The number of aromatic nitrogens is 3. The fraction of sp³-hybridized carbons (Fsp3) is 0.0909. The summed E-state index contributed by atoms with van der Waals surface area (Å²) in [4.78, 5) is 28.2. The van der Waals surface area contributed by atoms with Gasteiger partial charge in [0.15, 0.2) is 0 Å². The summed E-state index contributed by atoms with van der Waals surface area (Å²) in [6, 6.07) is 14.4. The molecule has 1 N–H and O–H groups in total. The van der Waals surface area contributed by atoms with Gasteiger partial charge in [-0.05, 0) is 54.6 Å². The average Bonchev–Trinajstić information content (AvgIpc) is 3.23. The van der Waals surface area contributed by atoms with E-state index in [1.54, 1.807) is 53.3 Å². The van der Waals surface area contributed by atoms with Gasteiger partial charge in [0.2, 0.25) is 5.91 Å². The predicted octanol–water partition coefficient (Wildman–Crippen LogP) is 4.05. The molecule has 0 spiro atoms. The van der Waals surface area contributed by atoms with Crippen LogP contribution in [0, 0.1) is 5.82 Å². The number of ether oxygens (including phenoxy) is 1. The Bertz CT molecular complexity index is 1240. The Labute approximate surface area is 181 Å². The molecule has 0 bridgehead atoms. The summed E-state index contributed by atoms with van der Waals surface area (Å²) in [6.45, 7) is 0. The minimum atomic E-state index is -0.437. The largest absolute Gasteiger partial charge is 0.465 e. The van der Waals surface area contributed by atoms with Crippen molar-refractivity contribution in [2.45, 2.75) is 5.03 Å². The van der Waals surface area contributed by atoms with Crippen LogP contribution >= 0.6 is 11.8 Å². The number of carbonyl (C=O) groups is 2. The van der Waals surface area contributed by atoms with Crippen LogP contribution < -0.4 is 5.32 Å². The van der Waals surface area contributed by atoms with E-state index in [1.807, 2.05) is 6.07 Å². The molecule has 0 saturated heterocycles. The number of amides is 1. The molecule has 0 radical (unpaired) electrons. The van der Waals surface area contributed by atoms with Crippen molar-refractivity contribution in [1.29, 1.82) is 0 Å². The van der Waals surface area contributed by atoms with Crippen LogP contribution in [0.15, 0.2) is 72.0 Å². The van der Waals surface area contributed by atoms with Crippen LogP contribution in [-0.4, -0.2) is 39.3 Å². The first-order valence-electron chi connectivity index (χ1n) is 9.25. The molecule has 0 unspecified atom stereocenters. The number of fused-ring (bicyclic) bond motifs is 1. The lowest BCUT2D eigenvalue weighted by atomic mass is 10.1. The number of nitrogens with one attached hydrogen (secondary N) is 1. The third kappa shape index (κ3) is 4.72. The molecule has 2 aromatic heterocycles. The van der Waals surface area contributed by atoms with Gasteiger partial charge >= 0.3 is 5.97 Å². The molecule has 2 aromatic carbocycles. The van der Waals surface area contributed by atoms with E-state index in [1.165, 1.54) is 31.0 Å². The smallest absolute Gasteiger partial charge is 0.337 e. The summed E-state index contributed by atoms with van der Waals surface area (Å²) in [5, 5.41) is 7.94. The Hall–Kier alpha value is -3.72. The van der Waals surface area contributed by atoms with Crippen molar-refractivity contribution in [3.05, 3.63) is 78.4 Å². The molecule has 0 fully saturated rings. The lowest BCUT2D eigenvalue weighted by molar-refractivity contribution is -0.113. The summed E-state index contributed by atoms with van der Waals surface area (Å²) < 4.78 is 19.5. The van der Waals surface area contributed by atoms with Crippen LogP contribution in [0.25, 0.3) is 16.8 Å². The fourth-order valence-electron chi connectivity index (χ4n) is 2.91. The molecule has 156 valence electrons. The minimum absolute atomic E-state index is 0.141. The quantitative estimate of drug-likeness (QED) is 0.363. The predicted molar refractivity (Wildman–Crippen MR) is 116 cm³/mol. The normalized spacial score (nSPS) is 10.8. The molecule has 0 aliphatic rings. The number of hydrogen-bond donors (Lipinski definition) is 1. The number of methoxy groups -OCH3 is 1. The Morgan fingerprint density at radius 2 is 1.87 bits per heavy atom. The van der Waals surface area contributed by atoms with Crippen molar-refractivity contribution in [3.63, 3.8) is 0 Å². The number of nitrogens with zero attached hydrogens (tertiary/aromatic N) is 3. The first-order chi connectivity index (χ1) is 15.0. The number of anilines is 1. The van der Waals surface area contributed by atoms with E-state index in [0.717, 1.165) is 11.1 Å². The highest BCUT2D eigenvalue weighted by Gasteiger charge is 2.12. The second-order valence-electron chi connectivity index (χ2n) is 6.50. The summed E-state index contributed by atoms with van der Waals surface area (Å²) >= 11 is 1.28. The molecule has 0 aliphatic carbocycles. The van der Waals surface area contributed by atoms with Gasteiger partial charge in [0, 0.05) is 23.6 Å². The van der Waals surface area contributed by atoms with Crippen LogP contribution in [-0.2, 0) is 9.53 Å². The molecule has 2 heterocycles. The first kappa shape index (κ1) is 20.5. The van der Waals surface area contributed by atoms with Crippen molar-refractivity contribution in [1.82, 2.24) is 14.6 Å². The molecule has 0 aliphatic heterocycles. The number of esters is 1. The zero-order valence-electron chi connectivity index (χ0n) is 16.4. The Morgan fingerprint density at radius 1 is 1.13 bits per heavy atom. The van der Waals surface area contributed by atoms with Crippen LogP contribution in [0.4, 0.5) is 10.1 Å². The van der Waals surface area contributed by atoms with Gasteiger partial charge < -0.3 is 10.1 Å². The lowest BCUT2D eigenvalue weighted by Gasteiger charge is -2.06. The zero-order valence-corrected chi connectivity index (χ0v) is 17.2. The van der Waals surface area contributed by atoms with Gasteiger partial charge in [0.1, 0.15) is 10.8 Å². The van der Waals surface area contributed by atoms with Gasteiger partial charge in [-0.25, -0.2) is 18.7 Å².